The van der Waals surface area contributed by atoms with E-state index in [0.717, 1.165) is 5.56 Å². The van der Waals surface area contributed by atoms with E-state index in [1.807, 2.05) is 30.3 Å². The number of carboxylic acids is 1. The van der Waals surface area contributed by atoms with Gasteiger partial charge < -0.3 is 10.4 Å². The first kappa shape index (κ1) is 18.0. The van der Waals surface area contributed by atoms with Crippen molar-refractivity contribution in [1.29, 1.82) is 5.26 Å². The molecule has 3 atom stereocenters. The number of thioether (sulfide) groups is 1. The van der Waals surface area contributed by atoms with Crippen LogP contribution in [0.15, 0.2) is 48.5 Å². The summed E-state index contributed by atoms with van der Waals surface area (Å²) in [6.45, 7) is 0. The predicted octanol–water partition coefficient (Wildman–Crippen LogP) is 2.78. The minimum atomic E-state index is -1.08. The van der Waals surface area contributed by atoms with Crippen molar-refractivity contribution in [2.75, 3.05) is 0 Å². The van der Waals surface area contributed by atoms with E-state index in [1.54, 1.807) is 12.1 Å². The molecular weight excluding hydrogens is 350 g/mol. The summed E-state index contributed by atoms with van der Waals surface area (Å²) in [5, 5.41) is 21.2. The van der Waals surface area contributed by atoms with Crippen LogP contribution < -0.4 is 5.32 Å². The smallest absolute Gasteiger partial charge is 0.354 e. The number of carboxylic acid groups (broad SMARTS) is 1. The molecule has 1 aromatic heterocycles. The lowest BCUT2D eigenvalue weighted by Gasteiger charge is -2.34. The second kappa shape index (κ2) is 8.02. The zero-order valence-electron chi connectivity index (χ0n) is 13.8. The van der Waals surface area contributed by atoms with E-state index in [2.05, 4.69) is 16.4 Å². The Balaban J connectivity index is 1.76. The summed E-state index contributed by atoms with van der Waals surface area (Å²) >= 11 is 1.40. The molecule has 2 heterocycles. The van der Waals surface area contributed by atoms with Gasteiger partial charge in [-0.1, -0.05) is 36.4 Å². The SMILES string of the molecule is N#CC1C(SCc2cccc(C(=O)O)n2)NC(=O)CC1c1ccccc1. The normalized spacial score (nSPS) is 22.3. The molecule has 0 bridgehead atoms. The number of carbonyl (C=O) groups excluding carboxylic acids is 1. The summed E-state index contributed by atoms with van der Waals surface area (Å²) in [6, 6.07) is 16.7. The van der Waals surface area contributed by atoms with Gasteiger partial charge in [0.15, 0.2) is 0 Å². The average Bonchev–Trinajstić information content (AvgIpc) is 2.66. The van der Waals surface area contributed by atoms with Crippen LogP contribution >= 0.6 is 11.8 Å². The third kappa shape index (κ3) is 4.03. The van der Waals surface area contributed by atoms with Gasteiger partial charge in [-0.3, -0.25) is 4.79 Å². The molecule has 0 radical (unpaired) electrons. The van der Waals surface area contributed by atoms with Gasteiger partial charge >= 0.3 is 5.97 Å². The molecule has 1 fully saturated rings. The van der Waals surface area contributed by atoms with Crippen molar-refractivity contribution in [2.24, 2.45) is 5.92 Å². The maximum atomic E-state index is 12.1. The maximum Gasteiger partial charge on any atom is 0.354 e. The van der Waals surface area contributed by atoms with Crippen LogP contribution in [0.1, 0.15) is 34.1 Å². The Bertz CT molecular complexity index is 851. The molecule has 1 aromatic carbocycles. The van der Waals surface area contributed by atoms with Gasteiger partial charge in [-0.2, -0.15) is 5.26 Å². The van der Waals surface area contributed by atoms with Gasteiger partial charge in [0.1, 0.15) is 5.69 Å². The fraction of sp³-hybridized carbons (Fsp3) is 0.263. The number of rotatable bonds is 5. The van der Waals surface area contributed by atoms with E-state index in [1.165, 1.54) is 17.8 Å². The summed E-state index contributed by atoms with van der Waals surface area (Å²) in [5.74, 6) is -1.29. The van der Waals surface area contributed by atoms with Crippen molar-refractivity contribution in [3.8, 4) is 6.07 Å². The van der Waals surface area contributed by atoms with Gasteiger partial charge in [0, 0.05) is 18.1 Å². The van der Waals surface area contributed by atoms with Gasteiger partial charge in [0.05, 0.1) is 23.1 Å². The Hall–Kier alpha value is -2.85. The number of amides is 1. The molecular formula is C19H17N3O3S. The predicted molar refractivity (Wildman–Crippen MR) is 97.3 cm³/mol. The molecule has 132 valence electrons. The van der Waals surface area contributed by atoms with Crippen molar-refractivity contribution in [3.05, 3.63) is 65.5 Å². The molecule has 0 aliphatic carbocycles. The highest BCUT2D eigenvalue weighted by Crippen LogP contribution is 2.37. The Morgan fingerprint density at radius 2 is 2.04 bits per heavy atom. The van der Waals surface area contributed by atoms with Crippen LogP contribution in [0.3, 0.4) is 0 Å². The van der Waals surface area contributed by atoms with Gasteiger partial charge in [-0.15, -0.1) is 11.8 Å². The summed E-state index contributed by atoms with van der Waals surface area (Å²) in [4.78, 5) is 27.3. The van der Waals surface area contributed by atoms with Crippen LogP contribution in [0.2, 0.25) is 0 Å². The number of aromatic carboxylic acids is 1. The Morgan fingerprint density at radius 1 is 1.27 bits per heavy atom. The molecule has 0 spiro atoms. The minimum Gasteiger partial charge on any atom is -0.477 e. The molecule has 2 aromatic rings. The third-order valence-electron chi connectivity index (χ3n) is 4.28. The molecule has 1 saturated heterocycles. The lowest BCUT2D eigenvalue weighted by molar-refractivity contribution is -0.123. The van der Waals surface area contributed by atoms with Gasteiger partial charge in [0.2, 0.25) is 5.91 Å². The van der Waals surface area contributed by atoms with Crippen molar-refractivity contribution in [3.63, 3.8) is 0 Å². The molecule has 26 heavy (non-hydrogen) atoms. The van der Waals surface area contributed by atoms with Crippen LogP contribution in [0.25, 0.3) is 0 Å². The molecule has 1 aliphatic rings. The number of benzene rings is 1. The molecule has 3 unspecified atom stereocenters. The molecule has 0 saturated carbocycles. The molecule has 2 N–H and O–H groups in total. The van der Waals surface area contributed by atoms with E-state index >= 15 is 0 Å². The van der Waals surface area contributed by atoms with Crippen molar-refractivity contribution < 1.29 is 14.7 Å². The number of carbonyl (C=O) groups is 2. The zero-order valence-corrected chi connectivity index (χ0v) is 14.6. The Morgan fingerprint density at radius 3 is 2.73 bits per heavy atom. The highest BCUT2D eigenvalue weighted by Gasteiger charge is 2.38. The van der Waals surface area contributed by atoms with Crippen molar-refractivity contribution in [1.82, 2.24) is 10.3 Å². The molecule has 1 amide bonds. The van der Waals surface area contributed by atoms with Crippen molar-refractivity contribution >= 4 is 23.6 Å². The highest BCUT2D eigenvalue weighted by atomic mass is 32.2. The van der Waals surface area contributed by atoms with Gasteiger partial charge in [0.25, 0.3) is 0 Å². The van der Waals surface area contributed by atoms with Crippen LogP contribution in [0.5, 0.6) is 0 Å². The minimum absolute atomic E-state index is 0.0187. The number of aromatic nitrogens is 1. The number of nitrogens with one attached hydrogen (secondary N) is 1. The summed E-state index contributed by atoms with van der Waals surface area (Å²) in [7, 11) is 0. The van der Waals surface area contributed by atoms with Gasteiger partial charge in [-0.25, -0.2) is 9.78 Å². The van der Waals surface area contributed by atoms with E-state index in [0.29, 0.717) is 11.4 Å². The maximum absolute atomic E-state index is 12.1. The number of nitriles is 1. The standard InChI is InChI=1S/C19H17N3O3S/c20-10-15-14(12-5-2-1-3-6-12)9-17(23)22-18(15)26-11-13-7-4-8-16(21-13)19(24)25/h1-8,14-15,18H,9,11H2,(H,22,23)(H,24,25). The average molecular weight is 367 g/mol. The summed E-state index contributed by atoms with van der Waals surface area (Å²) in [6.07, 6.45) is 0.284. The quantitative estimate of drug-likeness (QED) is 0.842. The first-order valence-corrected chi connectivity index (χ1v) is 9.18. The first-order chi connectivity index (χ1) is 12.6. The first-order valence-electron chi connectivity index (χ1n) is 8.13. The highest BCUT2D eigenvalue weighted by molar-refractivity contribution is 7.99. The lowest BCUT2D eigenvalue weighted by atomic mass is 9.81. The van der Waals surface area contributed by atoms with Crippen LogP contribution in [0.4, 0.5) is 0 Å². The largest absolute Gasteiger partial charge is 0.477 e. The Kier molecular flexibility index (Phi) is 5.54. The van der Waals surface area contributed by atoms with E-state index in [4.69, 9.17) is 5.11 Å². The zero-order chi connectivity index (χ0) is 18.5. The van der Waals surface area contributed by atoms with Crippen LogP contribution in [-0.2, 0) is 10.5 Å². The second-order valence-corrected chi connectivity index (χ2v) is 7.12. The number of nitrogens with zero attached hydrogens (tertiary/aromatic N) is 2. The number of pyridine rings is 1. The van der Waals surface area contributed by atoms with Gasteiger partial charge in [-0.05, 0) is 17.7 Å². The van der Waals surface area contributed by atoms with Crippen LogP contribution in [-0.4, -0.2) is 27.3 Å². The van der Waals surface area contributed by atoms with E-state index < -0.39 is 5.97 Å². The number of piperidine rings is 1. The lowest BCUT2D eigenvalue weighted by Crippen LogP contribution is -2.46. The third-order valence-corrected chi connectivity index (χ3v) is 5.51. The fourth-order valence-corrected chi connectivity index (χ4v) is 4.21. The number of hydrogen-bond donors (Lipinski definition) is 2. The van der Waals surface area contributed by atoms with Crippen LogP contribution in [0, 0.1) is 17.2 Å². The summed E-state index contributed by atoms with van der Waals surface area (Å²) < 4.78 is 0. The topological polar surface area (TPSA) is 103 Å². The second-order valence-electron chi connectivity index (χ2n) is 5.99. The molecule has 3 rings (SSSR count). The van der Waals surface area contributed by atoms with E-state index in [9.17, 15) is 14.9 Å². The Labute approximate surface area is 155 Å². The summed E-state index contributed by atoms with van der Waals surface area (Å²) in [5.41, 5.74) is 1.56. The molecule has 6 nitrogen and oxygen atoms in total. The monoisotopic (exact) mass is 367 g/mol. The van der Waals surface area contributed by atoms with E-state index in [-0.39, 0.29) is 35.2 Å². The van der Waals surface area contributed by atoms with Crippen molar-refractivity contribution in [2.45, 2.75) is 23.5 Å². The fourth-order valence-electron chi connectivity index (χ4n) is 3.03. The molecule has 1 aliphatic heterocycles. The molecule has 7 heteroatoms. The number of hydrogen-bond acceptors (Lipinski definition) is 5.